The number of nitrogens with two attached hydrogens (primary N) is 1. The zero-order chi connectivity index (χ0) is 26.0. The standard InChI is InChI=1S/C26H22F5N3O2/c1-35-18-9-8-13(10-14(18)12-36-25-23(30)21(28)20(27)22(29)24(25)31)19-15-6-4-2-3-5-7-17(15)34-26(33)16(19)11-32/h8-10H,2-7,12H2,1H3,(H2,33,34)/p+1. The van der Waals surface area contributed by atoms with Gasteiger partial charge in [0, 0.05) is 23.1 Å². The van der Waals surface area contributed by atoms with Gasteiger partial charge in [0.25, 0.3) is 5.82 Å². The van der Waals surface area contributed by atoms with Crippen LogP contribution in [0.2, 0.25) is 0 Å². The fourth-order valence-corrected chi connectivity index (χ4v) is 4.53. The van der Waals surface area contributed by atoms with Crippen molar-refractivity contribution in [1.29, 1.82) is 5.26 Å². The minimum Gasteiger partial charge on any atom is -0.496 e. The van der Waals surface area contributed by atoms with Crippen LogP contribution < -0.4 is 20.2 Å². The number of H-pyrrole nitrogens is 1. The van der Waals surface area contributed by atoms with E-state index in [0.717, 1.165) is 49.8 Å². The molecule has 10 heteroatoms. The van der Waals surface area contributed by atoms with E-state index in [0.29, 0.717) is 11.1 Å². The number of methoxy groups -OCH3 is 1. The Labute approximate surface area is 204 Å². The van der Waals surface area contributed by atoms with Gasteiger partial charge < -0.3 is 9.47 Å². The predicted octanol–water partition coefficient (Wildman–Crippen LogP) is 5.56. The molecule has 0 fully saturated rings. The summed E-state index contributed by atoms with van der Waals surface area (Å²) < 4.78 is 79.1. The van der Waals surface area contributed by atoms with Crippen LogP contribution in [0.1, 0.15) is 48.1 Å². The van der Waals surface area contributed by atoms with E-state index in [2.05, 4.69) is 11.1 Å². The number of aryl methyl sites for hydroxylation is 1. The molecule has 0 saturated carbocycles. The maximum absolute atomic E-state index is 14.1. The van der Waals surface area contributed by atoms with Crippen LogP contribution >= 0.6 is 0 Å². The Bertz CT molecular complexity index is 1340. The summed E-state index contributed by atoms with van der Waals surface area (Å²) in [5.41, 5.74) is 9.81. The van der Waals surface area contributed by atoms with Gasteiger partial charge in [0.1, 0.15) is 29.7 Å². The summed E-state index contributed by atoms with van der Waals surface area (Å²) in [6.45, 7) is -0.562. The molecule has 1 heterocycles. The number of aromatic nitrogens is 1. The Balaban J connectivity index is 1.80. The van der Waals surface area contributed by atoms with Gasteiger partial charge in [-0.05, 0) is 37.0 Å². The van der Waals surface area contributed by atoms with Crippen LogP contribution in [0.3, 0.4) is 0 Å². The monoisotopic (exact) mass is 504 g/mol. The first-order valence-electron chi connectivity index (χ1n) is 11.4. The molecular weight excluding hydrogens is 481 g/mol. The van der Waals surface area contributed by atoms with Crippen molar-refractivity contribution in [3.8, 4) is 28.7 Å². The van der Waals surface area contributed by atoms with Crippen LogP contribution in [0.15, 0.2) is 18.2 Å². The lowest BCUT2D eigenvalue weighted by molar-refractivity contribution is -0.374. The molecule has 0 amide bonds. The fraction of sp³-hybridized carbons (Fsp3) is 0.308. The number of fused-ring (bicyclic) bond motifs is 1. The number of rotatable bonds is 5. The highest BCUT2D eigenvalue weighted by molar-refractivity contribution is 5.78. The summed E-state index contributed by atoms with van der Waals surface area (Å²) in [7, 11) is 1.36. The van der Waals surface area contributed by atoms with Crippen LogP contribution in [-0.2, 0) is 19.4 Å². The van der Waals surface area contributed by atoms with Crippen molar-refractivity contribution in [1.82, 2.24) is 0 Å². The largest absolute Gasteiger partial charge is 0.496 e. The topological polar surface area (TPSA) is 82.4 Å². The lowest BCUT2D eigenvalue weighted by Gasteiger charge is -2.19. The Hall–Kier alpha value is -3.87. The van der Waals surface area contributed by atoms with Crippen molar-refractivity contribution < 1.29 is 36.4 Å². The molecule has 188 valence electrons. The second-order valence-corrected chi connectivity index (χ2v) is 8.49. The summed E-state index contributed by atoms with van der Waals surface area (Å²) in [4.78, 5) is 3.16. The number of nitrogen functional groups attached to an aromatic ring is 1. The molecule has 5 nitrogen and oxygen atoms in total. The normalized spacial score (nSPS) is 13.4. The lowest BCUT2D eigenvalue weighted by Crippen LogP contribution is -2.23. The highest BCUT2D eigenvalue weighted by Crippen LogP contribution is 2.37. The molecule has 0 atom stereocenters. The molecule has 2 aromatic carbocycles. The van der Waals surface area contributed by atoms with Gasteiger partial charge in [0.2, 0.25) is 29.1 Å². The number of benzene rings is 2. The minimum absolute atomic E-state index is 0.224. The molecule has 0 bridgehead atoms. The van der Waals surface area contributed by atoms with Crippen LogP contribution in [0.5, 0.6) is 11.5 Å². The summed E-state index contributed by atoms with van der Waals surface area (Å²) in [5.74, 6) is -11.5. The molecule has 0 aliphatic heterocycles. The Kier molecular flexibility index (Phi) is 7.29. The third kappa shape index (κ3) is 4.53. The Morgan fingerprint density at radius 2 is 1.58 bits per heavy atom. The first kappa shape index (κ1) is 25.2. The molecule has 0 radical (unpaired) electrons. The van der Waals surface area contributed by atoms with Gasteiger partial charge in [-0.25, -0.2) is 18.2 Å². The van der Waals surface area contributed by atoms with E-state index in [1.807, 2.05) is 0 Å². The van der Waals surface area contributed by atoms with Crippen molar-refractivity contribution >= 4 is 5.82 Å². The van der Waals surface area contributed by atoms with Crippen molar-refractivity contribution in [2.45, 2.75) is 45.1 Å². The highest BCUT2D eigenvalue weighted by Gasteiger charge is 2.28. The van der Waals surface area contributed by atoms with Gasteiger partial charge in [-0.3, -0.25) is 5.73 Å². The number of hydrogen-bond donors (Lipinski definition) is 1. The number of aromatic amines is 1. The van der Waals surface area contributed by atoms with E-state index < -0.39 is 41.4 Å². The van der Waals surface area contributed by atoms with Gasteiger partial charge in [0.05, 0.1) is 7.11 Å². The average molecular weight is 504 g/mol. The van der Waals surface area contributed by atoms with Crippen LogP contribution in [0, 0.1) is 40.4 Å². The average Bonchev–Trinajstić information content (AvgIpc) is 2.86. The zero-order valence-corrected chi connectivity index (χ0v) is 19.4. The van der Waals surface area contributed by atoms with E-state index in [9.17, 15) is 27.2 Å². The molecule has 0 unspecified atom stereocenters. The molecule has 0 spiro atoms. The number of anilines is 1. The lowest BCUT2D eigenvalue weighted by atomic mass is 9.87. The summed E-state index contributed by atoms with van der Waals surface area (Å²) in [6.07, 6.45) is 5.52. The number of nitriles is 1. The second-order valence-electron chi connectivity index (χ2n) is 8.49. The molecule has 3 aromatic rings. The molecule has 36 heavy (non-hydrogen) atoms. The number of ether oxygens (including phenoxy) is 2. The van der Waals surface area contributed by atoms with E-state index in [1.54, 1.807) is 18.2 Å². The smallest absolute Gasteiger partial charge is 0.289 e. The van der Waals surface area contributed by atoms with Crippen LogP contribution in [-0.4, -0.2) is 7.11 Å². The summed E-state index contributed by atoms with van der Waals surface area (Å²) in [5, 5.41) is 9.86. The van der Waals surface area contributed by atoms with E-state index in [1.165, 1.54) is 7.11 Å². The number of halogens is 5. The van der Waals surface area contributed by atoms with Crippen LogP contribution in [0.25, 0.3) is 11.1 Å². The maximum Gasteiger partial charge on any atom is 0.289 e. The Morgan fingerprint density at radius 1 is 0.944 bits per heavy atom. The van der Waals surface area contributed by atoms with Crippen molar-refractivity contribution in [3.63, 3.8) is 0 Å². The molecule has 4 rings (SSSR count). The second kappa shape index (κ2) is 10.4. The van der Waals surface area contributed by atoms with E-state index in [4.69, 9.17) is 15.2 Å². The highest BCUT2D eigenvalue weighted by atomic mass is 19.2. The van der Waals surface area contributed by atoms with Crippen molar-refractivity contribution in [3.05, 3.63) is 69.7 Å². The van der Waals surface area contributed by atoms with Gasteiger partial charge in [0.15, 0.2) is 5.75 Å². The van der Waals surface area contributed by atoms with E-state index in [-0.39, 0.29) is 22.7 Å². The zero-order valence-electron chi connectivity index (χ0n) is 19.4. The number of pyridine rings is 1. The minimum atomic E-state index is -2.27. The summed E-state index contributed by atoms with van der Waals surface area (Å²) in [6, 6.07) is 7.04. The van der Waals surface area contributed by atoms with Gasteiger partial charge in [-0.2, -0.15) is 14.0 Å². The third-order valence-electron chi connectivity index (χ3n) is 6.30. The van der Waals surface area contributed by atoms with Gasteiger partial charge in [-0.15, -0.1) is 0 Å². The quantitative estimate of drug-likeness (QED) is 0.280. The summed E-state index contributed by atoms with van der Waals surface area (Å²) >= 11 is 0. The molecule has 0 saturated heterocycles. The number of hydrogen-bond acceptors (Lipinski definition) is 4. The van der Waals surface area contributed by atoms with Gasteiger partial charge >= 0.3 is 0 Å². The maximum atomic E-state index is 14.1. The first-order valence-corrected chi connectivity index (χ1v) is 11.4. The van der Waals surface area contributed by atoms with Crippen molar-refractivity contribution in [2.75, 3.05) is 12.8 Å². The van der Waals surface area contributed by atoms with Gasteiger partial charge in [-0.1, -0.05) is 18.9 Å². The predicted molar refractivity (Wildman–Crippen MR) is 121 cm³/mol. The fourth-order valence-electron chi connectivity index (χ4n) is 4.53. The SMILES string of the molecule is COc1ccc(-c2c(C#N)c(N)[nH+]c3c2CCCCCC3)cc1COc1c(F)c(F)c(F)c(F)c1F. The molecule has 1 aliphatic carbocycles. The molecular formula is C26H23F5N3O2+. The first-order chi connectivity index (χ1) is 17.3. The molecule has 1 aliphatic rings. The number of nitrogens with one attached hydrogen (secondary N) is 1. The van der Waals surface area contributed by atoms with Crippen molar-refractivity contribution in [2.24, 2.45) is 0 Å². The van der Waals surface area contributed by atoms with E-state index >= 15 is 0 Å². The molecule has 1 aromatic heterocycles. The number of nitrogens with zero attached hydrogens (tertiary/aromatic N) is 1. The Morgan fingerprint density at radius 3 is 2.22 bits per heavy atom. The third-order valence-corrected chi connectivity index (χ3v) is 6.30. The van der Waals surface area contributed by atoms with Crippen LogP contribution in [0.4, 0.5) is 27.8 Å². The molecule has 3 N–H and O–H groups in total.